The average Bonchev–Trinajstić information content (AvgIpc) is 2.75. The van der Waals surface area contributed by atoms with Crippen LogP contribution in [-0.4, -0.2) is 69.3 Å². The van der Waals surface area contributed by atoms with E-state index < -0.39 is 11.6 Å². The maximum atomic E-state index is 13.9. The van der Waals surface area contributed by atoms with Crippen molar-refractivity contribution in [3.05, 3.63) is 42.2 Å². The number of benzene rings is 2. The normalized spacial score (nSPS) is 17.0. The molecule has 0 amide bonds. The van der Waals surface area contributed by atoms with Gasteiger partial charge in [-0.05, 0) is 30.7 Å². The van der Waals surface area contributed by atoms with Gasteiger partial charge >= 0.3 is 0 Å². The number of aromatic nitrogens is 2. The molecular formula is C21H23BF2N4O3. The Hall–Kier alpha value is -2.98. The number of hydrogen-bond donors (Lipinski definition) is 1. The second-order valence-electron chi connectivity index (χ2n) is 7.50. The lowest BCUT2D eigenvalue weighted by molar-refractivity contribution is -0.0406. The van der Waals surface area contributed by atoms with Crippen LogP contribution in [0.3, 0.4) is 0 Å². The summed E-state index contributed by atoms with van der Waals surface area (Å²) < 4.78 is 45.1. The van der Waals surface area contributed by atoms with Crippen LogP contribution in [0.25, 0.3) is 10.9 Å². The van der Waals surface area contributed by atoms with Crippen LogP contribution in [0.15, 0.2) is 30.6 Å². The molecule has 10 heteroatoms. The van der Waals surface area contributed by atoms with Gasteiger partial charge < -0.3 is 24.4 Å². The summed E-state index contributed by atoms with van der Waals surface area (Å²) in [5, 5.41) is 3.59. The van der Waals surface area contributed by atoms with Crippen LogP contribution in [0.1, 0.15) is 0 Å². The summed E-state index contributed by atoms with van der Waals surface area (Å²) in [6.07, 6.45) is 1.34. The average molecular weight is 428 g/mol. The van der Waals surface area contributed by atoms with Crippen molar-refractivity contribution in [1.82, 2.24) is 14.9 Å². The van der Waals surface area contributed by atoms with E-state index in [0.717, 1.165) is 13.1 Å². The van der Waals surface area contributed by atoms with E-state index in [1.165, 1.54) is 26.3 Å². The summed E-state index contributed by atoms with van der Waals surface area (Å²) in [6, 6.07) is 5.94. The smallest absolute Gasteiger partial charge is 0.163 e. The van der Waals surface area contributed by atoms with Gasteiger partial charge in [0.15, 0.2) is 11.5 Å². The van der Waals surface area contributed by atoms with Gasteiger partial charge in [-0.1, -0.05) is 0 Å². The van der Waals surface area contributed by atoms with E-state index in [1.54, 1.807) is 19.2 Å². The molecule has 1 fully saturated rings. The molecule has 0 radical (unpaired) electrons. The first-order chi connectivity index (χ1) is 14.9. The van der Waals surface area contributed by atoms with Crippen molar-refractivity contribution in [2.45, 2.75) is 6.10 Å². The van der Waals surface area contributed by atoms with E-state index in [0.29, 0.717) is 41.4 Å². The molecule has 1 saturated heterocycles. The van der Waals surface area contributed by atoms with Crippen molar-refractivity contribution in [2.75, 3.05) is 45.8 Å². The second kappa shape index (κ2) is 9.03. The number of nitrogens with zero attached hydrogens (tertiary/aromatic N) is 3. The van der Waals surface area contributed by atoms with Crippen LogP contribution in [-0.2, 0) is 4.74 Å². The fraction of sp³-hybridized carbons (Fsp3) is 0.333. The highest BCUT2D eigenvalue weighted by atomic mass is 19.1. The molecule has 1 atom stereocenters. The molecule has 1 aromatic heterocycles. The van der Waals surface area contributed by atoms with E-state index in [2.05, 4.69) is 20.2 Å². The lowest BCUT2D eigenvalue weighted by Gasteiger charge is -2.30. The van der Waals surface area contributed by atoms with Gasteiger partial charge in [-0.15, -0.1) is 0 Å². The Morgan fingerprint density at radius 1 is 1.19 bits per heavy atom. The van der Waals surface area contributed by atoms with Crippen molar-refractivity contribution >= 4 is 35.7 Å². The number of fused-ring (bicyclic) bond motifs is 1. The Bertz CT molecular complexity index is 1080. The zero-order chi connectivity index (χ0) is 22.0. The standard InChI is InChI=1S/C21H23BF2N4O3/c1-28-3-4-30-13(9-28)10-31-19-8-17-14(7-18(19)29-2)21(26-11-25-17)27-12-5-15(23)20(22)16(24)6-12/h5-8,11,13H,3-4,9-10,22H2,1-2H3,(H,25,26,27). The summed E-state index contributed by atoms with van der Waals surface area (Å²) in [7, 11) is 4.97. The molecule has 0 saturated carbocycles. The highest BCUT2D eigenvalue weighted by Gasteiger charge is 2.20. The first-order valence-corrected chi connectivity index (χ1v) is 9.93. The predicted molar refractivity (Wildman–Crippen MR) is 117 cm³/mol. The third-order valence-electron chi connectivity index (χ3n) is 5.23. The molecule has 3 aromatic rings. The second-order valence-corrected chi connectivity index (χ2v) is 7.50. The minimum absolute atomic E-state index is 0.0327. The van der Waals surface area contributed by atoms with E-state index >= 15 is 0 Å². The fourth-order valence-corrected chi connectivity index (χ4v) is 3.44. The minimum Gasteiger partial charge on any atom is -0.493 e. The van der Waals surface area contributed by atoms with Gasteiger partial charge in [0.2, 0.25) is 0 Å². The zero-order valence-electron chi connectivity index (χ0n) is 17.6. The zero-order valence-corrected chi connectivity index (χ0v) is 17.6. The summed E-state index contributed by atoms with van der Waals surface area (Å²) in [5.41, 5.74) is 0.816. The number of morpholine rings is 1. The van der Waals surface area contributed by atoms with Crippen LogP contribution >= 0.6 is 0 Å². The van der Waals surface area contributed by atoms with Gasteiger partial charge in [0.05, 0.1) is 19.2 Å². The summed E-state index contributed by atoms with van der Waals surface area (Å²) >= 11 is 0. The Balaban J connectivity index is 1.60. The van der Waals surface area contributed by atoms with Gasteiger partial charge in [-0.25, -0.2) is 18.7 Å². The van der Waals surface area contributed by atoms with Crippen LogP contribution in [0, 0.1) is 11.6 Å². The number of halogens is 2. The lowest BCUT2D eigenvalue weighted by Crippen LogP contribution is -2.42. The molecule has 1 aliphatic rings. The van der Waals surface area contributed by atoms with E-state index in [4.69, 9.17) is 14.2 Å². The van der Waals surface area contributed by atoms with Crippen molar-refractivity contribution < 1.29 is 23.0 Å². The topological polar surface area (TPSA) is 68.7 Å². The van der Waals surface area contributed by atoms with Gasteiger partial charge in [-0.3, -0.25) is 0 Å². The van der Waals surface area contributed by atoms with Crippen LogP contribution in [0.5, 0.6) is 11.5 Å². The molecule has 2 heterocycles. The maximum Gasteiger partial charge on any atom is 0.163 e. The number of ether oxygens (including phenoxy) is 3. The Morgan fingerprint density at radius 2 is 1.97 bits per heavy atom. The van der Waals surface area contributed by atoms with Crippen molar-refractivity contribution in [2.24, 2.45) is 0 Å². The van der Waals surface area contributed by atoms with Crippen LogP contribution in [0.2, 0.25) is 0 Å². The lowest BCUT2D eigenvalue weighted by atomic mass is 9.94. The van der Waals surface area contributed by atoms with Gasteiger partial charge in [0, 0.05) is 30.2 Å². The number of methoxy groups -OCH3 is 1. The molecule has 0 aliphatic carbocycles. The Kier molecular flexibility index (Phi) is 6.19. The molecule has 0 bridgehead atoms. The molecular weight excluding hydrogens is 405 g/mol. The third kappa shape index (κ3) is 4.70. The highest BCUT2D eigenvalue weighted by molar-refractivity contribution is 6.32. The molecule has 4 rings (SSSR count). The van der Waals surface area contributed by atoms with Crippen molar-refractivity contribution in [3.63, 3.8) is 0 Å². The van der Waals surface area contributed by atoms with Crippen molar-refractivity contribution in [1.29, 1.82) is 0 Å². The van der Waals surface area contributed by atoms with Crippen LogP contribution < -0.4 is 20.3 Å². The van der Waals surface area contributed by atoms with E-state index in [-0.39, 0.29) is 17.3 Å². The minimum atomic E-state index is -0.635. The monoisotopic (exact) mass is 428 g/mol. The van der Waals surface area contributed by atoms with Crippen molar-refractivity contribution in [3.8, 4) is 11.5 Å². The number of hydrogen-bond acceptors (Lipinski definition) is 7. The van der Waals surface area contributed by atoms with E-state index in [9.17, 15) is 8.78 Å². The van der Waals surface area contributed by atoms with Gasteiger partial charge in [-0.2, -0.15) is 0 Å². The third-order valence-corrected chi connectivity index (χ3v) is 5.23. The molecule has 1 aliphatic heterocycles. The SMILES string of the molecule is Bc1c(F)cc(Nc2ncnc3cc(OCC4CN(C)CCO4)c(OC)cc23)cc1F. The molecule has 1 N–H and O–H groups in total. The first-order valence-electron chi connectivity index (χ1n) is 9.93. The number of likely N-dealkylation sites (N-methyl/N-ethyl adjacent to an activating group) is 1. The summed E-state index contributed by atoms with van der Waals surface area (Å²) in [4.78, 5) is 10.7. The molecule has 7 nitrogen and oxygen atoms in total. The molecule has 2 aromatic carbocycles. The van der Waals surface area contributed by atoms with Gasteiger partial charge in [0.25, 0.3) is 0 Å². The largest absolute Gasteiger partial charge is 0.493 e. The number of nitrogens with one attached hydrogen (secondary N) is 1. The quantitative estimate of drug-likeness (QED) is 0.599. The predicted octanol–water partition coefficient (Wildman–Crippen LogP) is 1.63. The molecule has 0 spiro atoms. The first kappa shape index (κ1) is 21.3. The maximum absolute atomic E-state index is 13.9. The van der Waals surface area contributed by atoms with E-state index in [1.807, 2.05) is 7.05 Å². The molecule has 162 valence electrons. The molecule has 31 heavy (non-hydrogen) atoms. The fourth-order valence-electron chi connectivity index (χ4n) is 3.44. The van der Waals surface area contributed by atoms with Gasteiger partial charge in [0.1, 0.15) is 44.3 Å². The number of anilines is 2. The Morgan fingerprint density at radius 3 is 2.68 bits per heavy atom. The number of rotatable bonds is 6. The molecule has 1 unspecified atom stereocenters. The summed E-state index contributed by atoms with van der Waals surface area (Å²) in [5.74, 6) is 0.156. The Labute approximate surface area is 179 Å². The highest BCUT2D eigenvalue weighted by Crippen LogP contribution is 2.35. The summed E-state index contributed by atoms with van der Waals surface area (Å²) in [6.45, 7) is 2.74. The van der Waals surface area contributed by atoms with Crippen LogP contribution in [0.4, 0.5) is 20.3 Å².